The predicted octanol–water partition coefficient (Wildman–Crippen LogP) is 4.78. The molecule has 168 valence electrons. The van der Waals surface area contributed by atoms with E-state index < -0.39 is 5.97 Å². The average Bonchev–Trinajstić information content (AvgIpc) is 3.58. The molecule has 0 saturated heterocycles. The quantitative estimate of drug-likeness (QED) is 0.272. The summed E-state index contributed by atoms with van der Waals surface area (Å²) in [6, 6.07) is 17.4. The van der Waals surface area contributed by atoms with Gasteiger partial charge in [-0.25, -0.2) is 4.79 Å². The van der Waals surface area contributed by atoms with Crippen LogP contribution in [0.15, 0.2) is 70.4 Å². The van der Waals surface area contributed by atoms with Crippen LogP contribution in [-0.4, -0.2) is 34.1 Å². The lowest BCUT2D eigenvalue weighted by Crippen LogP contribution is -2.06. The van der Waals surface area contributed by atoms with Crippen molar-refractivity contribution in [3.05, 3.63) is 77.7 Å². The van der Waals surface area contributed by atoms with Crippen LogP contribution in [0.3, 0.4) is 0 Å². The lowest BCUT2D eigenvalue weighted by atomic mass is 10.2. The second-order valence-electron chi connectivity index (χ2n) is 7.21. The molecule has 8 nitrogen and oxygen atoms in total. The Morgan fingerprint density at radius 1 is 1.09 bits per heavy atom. The molecule has 4 aromatic rings. The van der Waals surface area contributed by atoms with Crippen LogP contribution in [0.1, 0.15) is 28.6 Å². The molecule has 0 N–H and O–H groups in total. The fraction of sp³-hybridized carbons (Fsp3) is 0.208. The Bertz CT molecular complexity index is 1270. The predicted molar refractivity (Wildman–Crippen MR) is 121 cm³/mol. The van der Waals surface area contributed by atoms with Gasteiger partial charge < -0.3 is 18.6 Å². The van der Waals surface area contributed by atoms with Crippen LogP contribution in [0, 0.1) is 0 Å². The third kappa shape index (κ3) is 4.45. The first-order valence-corrected chi connectivity index (χ1v) is 11.4. The van der Waals surface area contributed by atoms with Crippen molar-refractivity contribution in [2.45, 2.75) is 24.4 Å². The van der Waals surface area contributed by atoms with Gasteiger partial charge in [-0.2, -0.15) is 0 Å². The molecule has 3 heterocycles. The largest absolute Gasteiger partial charge is 0.468 e. The Balaban J connectivity index is 1.44. The molecule has 1 aliphatic heterocycles. The van der Waals surface area contributed by atoms with E-state index >= 15 is 0 Å². The Hall–Kier alpha value is -3.72. The molecule has 0 saturated carbocycles. The van der Waals surface area contributed by atoms with Crippen molar-refractivity contribution in [1.82, 2.24) is 14.8 Å². The Morgan fingerprint density at radius 2 is 1.94 bits per heavy atom. The standard InChI is InChI=1S/C24H21N3O5S/c1-2-29-23(28)18-10-11-30-21(18)14-33-24-26-25-22(17-6-4-3-5-7-17)27(24)13-16-8-9-19-20(12-16)32-15-31-19/h3-12H,2,13-15H2,1H3. The third-order valence-electron chi connectivity index (χ3n) is 5.10. The topological polar surface area (TPSA) is 88.6 Å². The van der Waals surface area contributed by atoms with Gasteiger partial charge in [0.15, 0.2) is 22.5 Å². The number of ether oxygens (including phenoxy) is 3. The number of benzene rings is 2. The smallest absolute Gasteiger partial charge is 0.341 e. The lowest BCUT2D eigenvalue weighted by molar-refractivity contribution is 0.0524. The van der Waals surface area contributed by atoms with Crippen molar-refractivity contribution < 1.29 is 23.4 Å². The molecule has 33 heavy (non-hydrogen) atoms. The summed E-state index contributed by atoms with van der Waals surface area (Å²) in [4.78, 5) is 12.2. The highest BCUT2D eigenvalue weighted by atomic mass is 32.2. The highest BCUT2D eigenvalue weighted by molar-refractivity contribution is 7.98. The lowest BCUT2D eigenvalue weighted by Gasteiger charge is -2.11. The third-order valence-corrected chi connectivity index (χ3v) is 6.07. The monoisotopic (exact) mass is 463 g/mol. The minimum Gasteiger partial charge on any atom is -0.468 e. The molecule has 2 aromatic carbocycles. The highest BCUT2D eigenvalue weighted by Crippen LogP contribution is 2.34. The zero-order chi connectivity index (χ0) is 22.6. The fourth-order valence-corrected chi connectivity index (χ4v) is 4.42. The molecular weight excluding hydrogens is 442 g/mol. The summed E-state index contributed by atoms with van der Waals surface area (Å²) in [5.74, 6) is 2.78. The van der Waals surface area contributed by atoms with E-state index in [2.05, 4.69) is 10.2 Å². The van der Waals surface area contributed by atoms with Crippen LogP contribution in [0.4, 0.5) is 0 Å². The van der Waals surface area contributed by atoms with Crippen molar-refractivity contribution in [3.8, 4) is 22.9 Å². The minimum atomic E-state index is -0.395. The van der Waals surface area contributed by atoms with Crippen molar-refractivity contribution in [1.29, 1.82) is 0 Å². The molecule has 0 bridgehead atoms. The van der Waals surface area contributed by atoms with Gasteiger partial charge in [-0.3, -0.25) is 4.57 Å². The van der Waals surface area contributed by atoms with Crippen LogP contribution in [0.25, 0.3) is 11.4 Å². The minimum absolute atomic E-state index is 0.230. The number of esters is 1. The molecule has 0 fully saturated rings. The van der Waals surface area contributed by atoms with Crippen LogP contribution < -0.4 is 9.47 Å². The molecule has 5 rings (SSSR count). The van der Waals surface area contributed by atoms with Gasteiger partial charge in [-0.1, -0.05) is 48.2 Å². The Morgan fingerprint density at radius 3 is 2.79 bits per heavy atom. The molecule has 0 aliphatic carbocycles. The SMILES string of the molecule is CCOC(=O)c1ccoc1CSc1nnc(-c2ccccc2)n1Cc1ccc2c(c1)OCO2. The molecule has 0 atom stereocenters. The summed E-state index contributed by atoms with van der Waals surface area (Å²) < 4.78 is 23.7. The zero-order valence-corrected chi connectivity index (χ0v) is 18.7. The molecule has 0 amide bonds. The molecular formula is C24H21N3O5S. The summed E-state index contributed by atoms with van der Waals surface area (Å²) >= 11 is 1.45. The van der Waals surface area contributed by atoms with Crippen molar-refractivity contribution >= 4 is 17.7 Å². The van der Waals surface area contributed by atoms with Gasteiger partial charge in [0.25, 0.3) is 0 Å². The van der Waals surface area contributed by atoms with E-state index in [4.69, 9.17) is 18.6 Å². The molecule has 0 radical (unpaired) electrons. The van der Waals surface area contributed by atoms with Crippen molar-refractivity contribution in [3.63, 3.8) is 0 Å². The van der Waals surface area contributed by atoms with Gasteiger partial charge in [0.1, 0.15) is 11.3 Å². The summed E-state index contributed by atoms with van der Waals surface area (Å²) in [6.45, 7) is 2.85. The van der Waals surface area contributed by atoms with E-state index in [-0.39, 0.29) is 6.79 Å². The molecule has 1 aliphatic rings. The normalized spacial score (nSPS) is 12.2. The van der Waals surface area contributed by atoms with Gasteiger partial charge >= 0.3 is 5.97 Å². The van der Waals surface area contributed by atoms with E-state index in [1.165, 1.54) is 18.0 Å². The molecule has 9 heteroatoms. The number of nitrogens with zero attached hydrogens (tertiary/aromatic N) is 3. The van der Waals surface area contributed by atoms with Crippen LogP contribution in [-0.2, 0) is 17.0 Å². The van der Waals surface area contributed by atoms with E-state index in [0.29, 0.717) is 35.4 Å². The maximum absolute atomic E-state index is 12.2. The summed E-state index contributed by atoms with van der Waals surface area (Å²) in [6.07, 6.45) is 1.49. The van der Waals surface area contributed by atoms with Crippen LogP contribution in [0.5, 0.6) is 11.5 Å². The van der Waals surface area contributed by atoms with E-state index in [1.807, 2.05) is 53.1 Å². The van der Waals surface area contributed by atoms with Gasteiger partial charge in [-0.05, 0) is 30.7 Å². The second kappa shape index (κ2) is 9.41. The van der Waals surface area contributed by atoms with Gasteiger partial charge in [0.2, 0.25) is 6.79 Å². The number of aromatic nitrogens is 3. The highest BCUT2D eigenvalue weighted by Gasteiger charge is 2.20. The Labute approximate surface area is 194 Å². The maximum atomic E-state index is 12.2. The number of fused-ring (bicyclic) bond motifs is 1. The number of furan rings is 1. The molecule has 2 aromatic heterocycles. The summed E-state index contributed by atoms with van der Waals surface area (Å²) in [5, 5.41) is 9.60. The van der Waals surface area contributed by atoms with Gasteiger partial charge in [0.05, 0.1) is 25.2 Å². The fourth-order valence-electron chi connectivity index (χ4n) is 3.53. The molecule has 0 spiro atoms. The maximum Gasteiger partial charge on any atom is 0.341 e. The first kappa shape index (κ1) is 21.1. The number of hydrogen-bond acceptors (Lipinski definition) is 8. The first-order chi connectivity index (χ1) is 16.2. The van der Waals surface area contributed by atoms with Gasteiger partial charge in [0, 0.05) is 5.56 Å². The summed E-state index contributed by atoms with van der Waals surface area (Å²) in [7, 11) is 0. The number of carbonyl (C=O) groups is 1. The van der Waals surface area contributed by atoms with E-state index in [0.717, 1.165) is 28.5 Å². The van der Waals surface area contributed by atoms with Crippen molar-refractivity contribution in [2.75, 3.05) is 13.4 Å². The van der Waals surface area contributed by atoms with E-state index in [1.54, 1.807) is 13.0 Å². The number of hydrogen-bond donors (Lipinski definition) is 0. The van der Waals surface area contributed by atoms with Crippen molar-refractivity contribution in [2.24, 2.45) is 0 Å². The number of carbonyl (C=O) groups excluding carboxylic acids is 1. The number of thioether (sulfide) groups is 1. The second-order valence-corrected chi connectivity index (χ2v) is 8.16. The van der Waals surface area contributed by atoms with Gasteiger partial charge in [-0.15, -0.1) is 10.2 Å². The molecule has 0 unspecified atom stereocenters. The Kier molecular flexibility index (Phi) is 6.03. The summed E-state index contributed by atoms with van der Waals surface area (Å²) in [5.41, 5.74) is 2.42. The van der Waals surface area contributed by atoms with Crippen LogP contribution in [0.2, 0.25) is 0 Å². The van der Waals surface area contributed by atoms with Crippen LogP contribution >= 0.6 is 11.8 Å². The number of rotatable bonds is 8. The van der Waals surface area contributed by atoms with E-state index in [9.17, 15) is 4.79 Å². The average molecular weight is 464 g/mol. The zero-order valence-electron chi connectivity index (χ0n) is 17.9. The first-order valence-electron chi connectivity index (χ1n) is 10.5.